The number of nitrogens with one attached hydrogen (secondary N) is 3. The lowest BCUT2D eigenvalue weighted by Gasteiger charge is -2.22. The second kappa shape index (κ2) is 7.46. The van der Waals surface area contributed by atoms with Gasteiger partial charge in [0.15, 0.2) is 0 Å². The highest BCUT2D eigenvalue weighted by Gasteiger charge is 2.24. The van der Waals surface area contributed by atoms with Gasteiger partial charge in [0.2, 0.25) is 11.8 Å². The SMILES string of the molecule is Cc1ccc2nc(-c3ccc(NC(=O)CC4NCCNC4=O)cc3)sc2c1. The largest absolute Gasteiger partial charge is 0.353 e. The van der Waals surface area contributed by atoms with Crippen LogP contribution in [-0.4, -0.2) is 35.9 Å². The Kier molecular flexibility index (Phi) is 4.87. The Hall–Kier alpha value is -2.77. The molecule has 3 aromatic rings. The van der Waals surface area contributed by atoms with Crippen molar-refractivity contribution < 1.29 is 9.59 Å². The number of fused-ring (bicyclic) bond motifs is 1. The normalized spacial score (nSPS) is 16.9. The molecule has 0 bridgehead atoms. The Morgan fingerprint density at radius 2 is 2.04 bits per heavy atom. The minimum absolute atomic E-state index is 0.116. The second-order valence-corrected chi connectivity index (χ2v) is 7.65. The van der Waals surface area contributed by atoms with E-state index in [0.717, 1.165) is 16.1 Å². The summed E-state index contributed by atoms with van der Waals surface area (Å²) in [6.45, 7) is 3.35. The first-order valence-corrected chi connectivity index (χ1v) is 9.69. The molecule has 1 aromatic heterocycles. The number of carbonyl (C=O) groups is 2. The molecule has 0 saturated carbocycles. The molecule has 2 amide bonds. The quantitative estimate of drug-likeness (QED) is 0.650. The monoisotopic (exact) mass is 380 g/mol. The van der Waals surface area contributed by atoms with Crippen LogP contribution in [0.3, 0.4) is 0 Å². The minimum atomic E-state index is -0.468. The third kappa shape index (κ3) is 3.99. The number of anilines is 1. The number of piperazine rings is 1. The van der Waals surface area contributed by atoms with Gasteiger partial charge in [-0.25, -0.2) is 4.98 Å². The van der Waals surface area contributed by atoms with Gasteiger partial charge >= 0.3 is 0 Å². The van der Waals surface area contributed by atoms with Crippen LogP contribution in [0.5, 0.6) is 0 Å². The fourth-order valence-electron chi connectivity index (χ4n) is 3.06. The predicted octanol–water partition coefficient (Wildman–Crippen LogP) is 2.69. The zero-order chi connectivity index (χ0) is 18.8. The number of amides is 2. The van der Waals surface area contributed by atoms with Gasteiger partial charge in [-0.15, -0.1) is 11.3 Å². The number of hydrogen-bond donors (Lipinski definition) is 3. The predicted molar refractivity (Wildman–Crippen MR) is 108 cm³/mol. The van der Waals surface area contributed by atoms with Gasteiger partial charge in [0.25, 0.3) is 0 Å². The lowest BCUT2D eigenvalue weighted by molar-refractivity contribution is -0.127. The van der Waals surface area contributed by atoms with Crippen molar-refractivity contribution in [2.24, 2.45) is 0 Å². The third-order valence-corrected chi connectivity index (χ3v) is 5.55. The first-order chi connectivity index (χ1) is 13.1. The summed E-state index contributed by atoms with van der Waals surface area (Å²) < 4.78 is 1.17. The Morgan fingerprint density at radius 3 is 2.81 bits per heavy atom. The fraction of sp³-hybridized carbons (Fsp3) is 0.250. The van der Waals surface area contributed by atoms with Crippen molar-refractivity contribution in [2.45, 2.75) is 19.4 Å². The van der Waals surface area contributed by atoms with Crippen molar-refractivity contribution in [3.05, 3.63) is 48.0 Å². The Labute approximate surface area is 161 Å². The summed E-state index contributed by atoms with van der Waals surface area (Å²) in [4.78, 5) is 28.6. The fourth-order valence-corrected chi connectivity index (χ4v) is 4.13. The Morgan fingerprint density at radius 1 is 1.22 bits per heavy atom. The van der Waals surface area contributed by atoms with Gasteiger partial charge in [0.1, 0.15) is 5.01 Å². The van der Waals surface area contributed by atoms with E-state index in [-0.39, 0.29) is 18.2 Å². The molecule has 2 aromatic carbocycles. The maximum atomic E-state index is 12.2. The van der Waals surface area contributed by atoms with E-state index in [1.807, 2.05) is 30.3 Å². The van der Waals surface area contributed by atoms with Crippen molar-refractivity contribution in [3.63, 3.8) is 0 Å². The van der Waals surface area contributed by atoms with Gasteiger partial charge in [-0.3, -0.25) is 9.59 Å². The van der Waals surface area contributed by atoms with Crippen LogP contribution in [-0.2, 0) is 9.59 Å². The highest BCUT2D eigenvalue weighted by atomic mass is 32.1. The number of rotatable bonds is 4. The molecule has 1 aliphatic heterocycles. The van der Waals surface area contributed by atoms with Crippen molar-refractivity contribution >= 4 is 39.1 Å². The summed E-state index contributed by atoms with van der Waals surface area (Å²) in [5, 5.41) is 9.61. The molecule has 0 radical (unpaired) electrons. The van der Waals surface area contributed by atoms with Gasteiger partial charge in [-0.1, -0.05) is 6.07 Å². The lowest BCUT2D eigenvalue weighted by atomic mass is 10.1. The minimum Gasteiger partial charge on any atom is -0.353 e. The first kappa shape index (κ1) is 17.6. The van der Waals surface area contributed by atoms with E-state index in [2.05, 4.69) is 40.0 Å². The van der Waals surface area contributed by atoms with Crippen LogP contribution in [0, 0.1) is 6.92 Å². The molecule has 7 heteroatoms. The topological polar surface area (TPSA) is 83.1 Å². The van der Waals surface area contributed by atoms with Crippen molar-refractivity contribution in [1.82, 2.24) is 15.6 Å². The molecule has 1 aliphatic rings. The van der Waals surface area contributed by atoms with Gasteiger partial charge in [-0.05, 0) is 48.9 Å². The summed E-state index contributed by atoms with van der Waals surface area (Å²) in [7, 11) is 0. The van der Waals surface area contributed by atoms with Crippen LogP contribution in [0.1, 0.15) is 12.0 Å². The molecule has 1 atom stereocenters. The Balaban J connectivity index is 1.43. The summed E-state index contributed by atoms with van der Waals surface area (Å²) in [5.74, 6) is -0.314. The van der Waals surface area contributed by atoms with E-state index < -0.39 is 6.04 Å². The summed E-state index contributed by atoms with van der Waals surface area (Å²) >= 11 is 1.66. The number of aromatic nitrogens is 1. The van der Waals surface area contributed by atoms with Gasteiger partial charge in [0, 0.05) is 24.3 Å². The van der Waals surface area contributed by atoms with E-state index in [1.54, 1.807) is 11.3 Å². The van der Waals surface area contributed by atoms with Gasteiger partial charge in [-0.2, -0.15) is 0 Å². The first-order valence-electron chi connectivity index (χ1n) is 8.87. The Bertz CT molecular complexity index is 997. The van der Waals surface area contributed by atoms with Crippen molar-refractivity contribution in [3.8, 4) is 10.6 Å². The van der Waals surface area contributed by atoms with Crippen LogP contribution in [0.15, 0.2) is 42.5 Å². The zero-order valence-corrected chi connectivity index (χ0v) is 15.7. The van der Waals surface area contributed by atoms with E-state index in [0.29, 0.717) is 18.8 Å². The summed E-state index contributed by atoms with van der Waals surface area (Å²) in [5.41, 5.74) is 3.94. The van der Waals surface area contributed by atoms with Crippen LogP contribution in [0.25, 0.3) is 20.8 Å². The zero-order valence-electron chi connectivity index (χ0n) is 14.9. The van der Waals surface area contributed by atoms with E-state index in [4.69, 9.17) is 0 Å². The number of nitrogens with zero attached hydrogens (tertiary/aromatic N) is 1. The smallest absolute Gasteiger partial charge is 0.237 e. The van der Waals surface area contributed by atoms with Gasteiger partial charge in [0.05, 0.1) is 22.7 Å². The number of thiazole rings is 1. The van der Waals surface area contributed by atoms with E-state index >= 15 is 0 Å². The maximum Gasteiger partial charge on any atom is 0.237 e. The molecule has 2 heterocycles. The molecule has 27 heavy (non-hydrogen) atoms. The molecular formula is C20H20N4O2S. The summed E-state index contributed by atoms with van der Waals surface area (Å²) in [6.07, 6.45) is 0.116. The van der Waals surface area contributed by atoms with E-state index in [9.17, 15) is 9.59 Å². The second-order valence-electron chi connectivity index (χ2n) is 6.62. The maximum absolute atomic E-state index is 12.2. The summed E-state index contributed by atoms with van der Waals surface area (Å²) in [6, 6.07) is 13.4. The van der Waals surface area contributed by atoms with Crippen molar-refractivity contribution in [2.75, 3.05) is 18.4 Å². The van der Waals surface area contributed by atoms with Gasteiger partial charge < -0.3 is 16.0 Å². The van der Waals surface area contributed by atoms with Crippen LogP contribution in [0.2, 0.25) is 0 Å². The molecule has 6 nitrogen and oxygen atoms in total. The number of benzene rings is 2. The molecule has 4 rings (SSSR count). The lowest BCUT2D eigenvalue weighted by Crippen LogP contribution is -2.53. The molecule has 138 valence electrons. The molecule has 0 aliphatic carbocycles. The van der Waals surface area contributed by atoms with Crippen LogP contribution >= 0.6 is 11.3 Å². The standard InChI is InChI=1S/C20H20N4O2S/c1-12-2-7-15-17(10-12)27-20(24-15)13-3-5-14(6-4-13)23-18(25)11-16-19(26)22-9-8-21-16/h2-7,10,16,21H,8-9,11H2,1H3,(H,22,26)(H,23,25). The average Bonchev–Trinajstić information content (AvgIpc) is 3.07. The average molecular weight is 380 g/mol. The molecule has 1 saturated heterocycles. The highest BCUT2D eigenvalue weighted by Crippen LogP contribution is 2.31. The number of aryl methyl sites for hydroxylation is 1. The number of carbonyl (C=O) groups excluding carboxylic acids is 2. The number of hydrogen-bond acceptors (Lipinski definition) is 5. The van der Waals surface area contributed by atoms with Crippen molar-refractivity contribution in [1.29, 1.82) is 0 Å². The molecule has 1 unspecified atom stereocenters. The molecule has 1 fully saturated rings. The molecular weight excluding hydrogens is 360 g/mol. The van der Waals surface area contributed by atoms with Crippen LogP contribution in [0.4, 0.5) is 5.69 Å². The van der Waals surface area contributed by atoms with E-state index in [1.165, 1.54) is 10.3 Å². The highest BCUT2D eigenvalue weighted by molar-refractivity contribution is 7.21. The third-order valence-electron chi connectivity index (χ3n) is 4.48. The molecule has 3 N–H and O–H groups in total. The van der Waals surface area contributed by atoms with Crippen LogP contribution < -0.4 is 16.0 Å². The molecule has 0 spiro atoms.